The number of nitrogens with one attached hydrogen (secondary N) is 1. The molecule has 4 nitrogen and oxygen atoms in total. The molecule has 0 spiro atoms. The van der Waals surface area contributed by atoms with Crippen molar-refractivity contribution < 1.29 is 4.79 Å². The van der Waals surface area contributed by atoms with Gasteiger partial charge in [-0.3, -0.25) is 9.69 Å². The average molecular weight is 378 g/mol. The van der Waals surface area contributed by atoms with Crippen LogP contribution in [0, 0.1) is 0 Å². The number of rotatable bonds is 5. The number of piperazine rings is 1. The van der Waals surface area contributed by atoms with Crippen LogP contribution in [-0.2, 0) is 6.54 Å². The molecule has 27 heavy (non-hydrogen) atoms. The summed E-state index contributed by atoms with van der Waals surface area (Å²) in [6, 6.07) is 22.5. The number of carbonyl (C=O) groups is 1. The first-order valence-electron chi connectivity index (χ1n) is 9.24. The van der Waals surface area contributed by atoms with Crippen LogP contribution in [0.5, 0.6) is 0 Å². The highest BCUT2D eigenvalue weighted by molar-refractivity contribution is 7.12. The Morgan fingerprint density at radius 3 is 2.30 bits per heavy atom. The topological polar surface area (TPSA) is 35.6 Å². The molecular weight excluding hydrogens is 354 g/mol. The Bertz CT molecular complexity index is 854. The number of anilines is 2. The second-order valence-electron chi connectivity index (χ2n) is 6.73. The quantitative estimate of drug-likeness (QED) is 0.719. The molecule has 1 aliphatic heterocycles. The Morgan fingerprint density at radius 2 is 1.63 bits per heavy atom. The lowest BCUT2D eigenvalue weighted by atomic mass is 10.2. The molecule has 1 N–H and O–H groups in total. The SMILES string of the molecule is O=C(Nc1ccc(N2CCN(Cc3ccccc3)CC2)cc1)c1cccs1. The molecule has 0 atom stereocenters. The first kappa shape index (κ1) is 17.8. The zero-order valence-electron chi connectivity index (χ0n) is 15.2. The Kier molecular flexibility index (Phi) is 5.51. The molecular formula is C22H23N3OS. The van der Waals surface area contributed by atoms with E-state index >= 15 is 0 Å². The van der Waals surface area contributed by atoms with Crippen molar-refractivity contribution in [1.29, 1.82) is 0 Å². The van der Waals surface area contributed by atoms with Crippen molar-refractivity contribution in [3.05, 3.63) is 82.6 Å². The number of thiophene rings is 1. The fourth-order valence-electron chi connectivity index (χ4n) is 3.36. The lowest BCUT2D eigenvalue weighted by Gasteiger charge is -2.36. The average Bonchev–Trinajstić information content (AvgIpc) is 3.25. The van der Waals surface area contributed by atoms with Crippen molar-refractivity contribution in [2.24, 2.45) is 0 Å². The third kappa shape index (κ3) is 4.56. The van der Waals surface area contributed by atoms with Gasteiger partial charge in [-0.25, -0.2) is 0 Å². The lowest BCUT2D eigenvalue weighted by molar-refractivity contribution is 0.103. The molecule has 138 valence electrons. The second-order valence-corrected chi connectivity index (χ2v) is 7.67. The van der Waals surface area contributed by atoms with E-state index in [1.165, 1.54) is 22.6 Å². The zero-order valence-corrected chi connectivity index (χ0v) is 16.0. The Hall–Kier alpha value is -2.63. The van der Waals surface area contributed by atoms with Gasteiger partial charge < -0.3 is 10.2 Å². The van der Waals surface area contributed by atoms with Crippen LogP contribution in [0.1, 0.15) is 15.2 Å². The molecule has 0 unspecified atom stereocenters. The van der Waals surface area contributed by atoms with Crippen LogP contribution >= 0.6 is 11.3 Å². The van der Waals surface area contributed by atoms with Gasteiger partial charge in [-0.2, -0.15) is 0 Å². The summed E-state index contributed by atoms with van der Waals surface area (Å²) in [5, 5.41) is 4.87. The van der Waals surface area contributed by atoms with Crippen molar-refractivity contribution in [3.63, 3.8) is 0 Å². The molecule has 0 bridgehead atoms. The van der Waals surface area contributed by atoms with E-state index in [2.05, 4.69) is 57.6 Å². The maximum atomic E-state index is 12.1. The summed E-state index contributed by atoms with van der Waals surface area (Å²) in [7, 11) is 0. The van der Waals surface area contributed by atoms with Gasteiger partial charge in [0.1, 0.15) is 0 Å². The fraction of sp³-hybridized carbons (Fsp3) is 0.227. The number of hydrogen-bond donors (Lipinski definition) is 1. The molecule has 2 aromatic carbocycles. The summed E-state index contributed by atoms with van der Waals surface area (Å²) in [6.45, 7) is 5.18. The molecule has 0 saturated carbocycles. The van der Waals surface area contributed by atoms with Crippen LogP contribution in [0.15, 0.2) is 72.1 Å². The van der Waals surface area contributed by atoms with Crippen molar-refractivity contribution in [2.75, 3.05) is 36.4 Å². The van der Waals surface area contributed by atoms with Gasteiger partial charge in [0.05, 0.1) is 4.88 Å². The highest BCUT2D eigenvalue weighted by atomic mass is 32.1. The predicted octanol–water partition coefficient (Wildman–Crippen LogP) is 4.32. The third-order valence-electron chi connectivity index (χ3n) is 4.86. The van der Waals surface area contributed by atoms with Crippen LogP contribution in [0.4, 0.5) is 11.4 Å². The minimum absolute atomic E-state index is 0.0488. The van der Waals surface area contributed by atoms with E-state index < -0.39 is 0 Å². The minimum Gasteiger partial charge on any atom is -0.369 e. The zero-order chi connectivity index (χ0) is 18.5. The van der Waals surface area contributed by atoms with Gasteiger partial charge in [0.25, 0.3) is 5.91 Å². The maximum absolute atomic E-state index is 12.1. The second kappa shape index (κ2) is 8.37. The number of benzene rings is 2. The highest BCUT2D eigenvalue weighted by Crippen LogP contribution is 2.21. The molecule has 1 amide bonds. The van der Waals surface area contributed by atoms with Gasteiger partial charge in [-0.1, -0.05) is 36.4 Å². The first-order valence-corrected chi connectivity index (χ1v) is 10.1. The van der Waals surface area contributed by atoms with E-state index in [1.54, 1.807) is 0 Å². The highest BCUT2D eigenvalue weighted by Gasteiger charge is 2.17. The molecule has 3 aromatic rings. The molecule has 0 aliphatic carbocycles. The van der Waals surface area contributed by atoms with E-state index in [1.807, 2.05) is 29.6 Å². The Morgan fingerprint density at radius 1 is 0.889 bits per heavy atom. The minimum atomic E-state index is -0.0488. The van der Waals surface area contributed by atoms with Crippen molar-refractivity contribution in [2.45, 2.75) is 6.54 Å². The van der Waals surface area contributed by atoms with Gasteiger partial charge in [0.15, 0.2) is 0 Å². The molecule has 1 aromatic heterocycles. The van der Waals surface area contributed by atoms with Crippen LogP contribution in [-0.4, -0.2) is 37.0 Å². The van der Waals surface area contributed by atoms with Gasteiger partial charge in [-0.15, -0.1) is 11.3 Å². The summed E-state index contributed by atoms with van der Waals surface area (Å²) in [5.41, 5.74) is 3.42. The summed E-state index contributed by atoms with van der Waals surface area (Å²) < 4.78 is 0. The fourth-order valence-corrected chi connectivity index (χ4v) is 3.98. The standard InChI is InChI=1S/C22H23N3OS/c26-22(21-7-4-16-27-21)23-19-8-10-20(11-9-19)25-14-12-24(13-15-25)17-18-5-2-1-3-6-18/h1-11,16H,12-15,17H2,(H,23,26). The van der Waals surface area contributed by atoms with Gasteiger partial charge in [0, 0.05) is 44.1 Å². The summed E-state index contributed by atoms with van der Waals surface area (Å²) in [4.78, 5) is 17.8. The van der Waals surface area contributed by atoms with Crippen LogP contribution in [0.3, 0.4) is 0 Å². The molecule has 5 heteroatoms. The Balaban J connectivity index is 1.30. The third-order valence-corrected chi connectivity index (χ3v) is 5.73. The molecule has 4 rings (SSSR count). The number of carbonyl (C=O) groups excluding carboxylic acids is 1. The summed E-state index contributed by atoms with van der Waals surface area (Å²) in [6.07, 6.45) is 0. The Labute approximate surface area is 164 Å². The van der Waals surface area contributed by atoms with Crippen LogP contribution in [0.2, 0.25) is 0 Å². The molecule has 2 heterocycles. The maximum Gasteiger partial charge on any atom is 0.265 e. The lowest BCUT2D eigenvalue weighted by Crippen LogP contribution is -2.45. The van der Waals surface area contributed by atoms with E-state index in [4.69, 9.17) is 0 Å². The molecule has 1 saturated heterocycles. The van der Waals surface area contributed by atoms with Crippen molar-refractivity contribution in [3.8, 4) is 0 Å². The van der Waals surface area contributed by atoms with Gasteiger partial charge in [0.2, 0.25) is 0 Å². The number of amides is 1. The number of nitrogens with zero attached hydrogens (tertiary/aromatic N) is 2. The monoisotopic (exact) mass is 377 g/mol. The molecule has 1 fully saturated rings. The van der Waals surface area contributed by atoms with Gasteiger partial charge >= 0.3 is 0 Å². The van der Waals surface area contributed by atoms with Crippen molar-refractivity contribution >= 4 is 28.6 Å². The number of hydrogen-bond acceptors (Lipinski definition) is 4. The van der Waals surface area contributed by atoms with E-state index in [-0.39, 0.29) is 5.91 Å². The smallest absolute Gasteiger partial charge is 0.265 e. The van der Waals surface area contributed by atoms with E-state index in [9.17, 15) is 4.79 Å². The van der Waals surface area contributed by atoms with Crippen LogP contribution < -0.4 is 10.2 Å². The molecule has 1 aliphatic rings. The normalized spacial score (nSPS) is 14.9. The molecule has 0 radical (unpaired) electrons. The predicted molar refractivity (Wildman–Crippen MR) is 113 cm³/mol. The first-order chi connectivity index (χ1) is 13.3. The largest absolute Gasteiger partial charge is 0.369 e. The van der Waals surface area contributed by atoms with Crippen molar-refractivity contribution in [1.82, 2.24) is 4.90 Å². The summed E-state index contributed by atoms with van der Waals surface area (Å²) in [5.74, 6) is -0.0488. The van der Waals surface area contributed by atoms with Crippen LogP contribution in [0.25, 0.3) is 0 Å². The van der Waals surface area contributed by atoms with E-state index in [0.29, 0.717) is 0 Å². The van der Waals surface area contributed by atoms with E-state index in [0.717, 1.165) is 43.3 Å². The summed E-state index contributed by atoms with van der Waals surface area (Å²) >= 11 is 1.45. The van der Waals surface area contributed by atoms with Gasteiger partial charge in [-0.05, 0) is 41.3 Å².